The Balaban J connectivity index is 2.36. The average Bonchev–Trinajstić information content (AvgIpc) is 2.28. The smallest absolute Gasteiger partial charge is 0.144 e. The number of aryl methyl sites for hydroxylation is 1. The molecule has 1 rings (SSSR count). The molecule has 1 aromatic rings. The number of carbonyl (C=O) groups excluding carboxylic acids is 1. The molecule has 0 aromatic heterocycles. The van der Waals surface area contributed by atoms with Gasteiger partial charge in [-0.25, -0.2) is 0 Å². The fourth-order valence-corrected chi connectivity index (χ4v) is 2.21. The number of Topliss-reactive ketones (excluding diaryl/α,β-unsaturated/α-hetero) is 1. The molecule has 0 unspecified atom stereocenters. The SMILES string of the molecule is CC#CCCC(=O)CSc1ccccc1C. The number of ketones is 1. The Hall–Kier alpha value is -1.20. The topological polar surface area (TPSA) is 17.1 Å². The molecular formula is C14H16OS. The molecule has 0 atom stereocenters. The predicted octanol–water partition coefficient (Wildman–Crippen LogP) is 3.46. The quantitative estimate of drug-likeness (QED) is 0.571. The number of rotatable bonds is 5. The summed E-state index contributed by atoms with van der Waals surface area (Å²) in [6.45, 7) is 3.86. The van der Waals surface area contributed by atoms with Crippen LogP contribution in [0.4, 0.5) is 0 Å². The van der Waals surface area contributed by atoms with Gasteiger partial charge in [0.2, 0.25) is 0 Å². The van der Waals surface area contributed by atoms with Crippen LogP contribution in [-0.2, 0) is 4.79 Å². The molecule has 0 radical (unpaired) electrons. The van der Waals surface area contributed by atoms with Gasteiger partial charge in [0, 0.05) is 17.7 Å². The molecule has 0 saturated carbocycles. The van der Waals surface area contributed by atoms with Crippen molar-refractivity contribution >= 4 is 17.5 Å². The highest BCUT2D eigenvalue weighted by Gasteiger charge is 2.03. The highest BCUT2D eigenvalue weighted by Crippen LogP contribution is 2.21. The normalized spacial score (nSPS) is 9.38. The van der Waals surface area contributed by atoms with Crippen molar-refractivity contribution in [3.8, 4) is 11.8 Å². The van der Waals surface area contributed by atoms with Crippen LogP contribution in [0.1, 0.15) is 25.3 Å². The Labute approximate surface area is 102 Å². The number of thioether (sulfide) groups is 1. The van der Waals surface area contributed by atoms with Gasteiger partial charge >= 0.3 is 0 Å². The van der Waals surface area contributed by atoms with Crippen LogP contribution in [0.3, 0.4) is 0 Å². The molecule has 0 fully saturated rings. The molecule has 84 valence electrons. The van der Waals surface area contributed by atoms with Crippen LogP contribution in [0.2, 0.25) is 0 Å². The van der Waals surface area contributed by atoms with Crippen LogP contribution in [0.5, 0.6) is 0 Å². The Bertz CT molecular complexity index is 412. The Kier molecular flexibility index (Phi) is 5.74. The van der Waals surface area contributed by atoms with Gasteiger partial charge in [0.1, 0.15) is 5.78 Å². The van der Waals surface area contributed by atoms with Crippen molar-refractivity contribution in [1.29, 1.82) is 0 Å². The lowest BCUT2D eigenvalue weighted by Crippen LogP contribution is -2.00. The maximum atomic E-state index is 11.5. The third-order valence-corrected chi connectivity index (χ3v) is 3.42. The molecule has 0 aliphatic rings. The zero-order chi connectivity index (χ0) is 11.8. The first-order chi connectivity index (χ1) is 7.74. The number of hydrogen-bond donors (Lipinski definition) is 0. The number of hydrogen-bond acceptors (Lipinski definition) is 2. The molecule has 16 heavy (non-hydrogen) atoms. The molecule has 0 aliphatic carbocycles. The second-order valence-corrected chi connectivity index (χ2v) is 4.54. The monoisotopic (exact) mass is 232 g/mol. The van der Waals surface area contributed by atoms with E-state index in [1.165, 1.54) is 10.5 Å². The van der Waals surface area contributed by atoms with Gasteiger partial charge in [-0.2, -0.15) is 0 Å². The van der Waals surface area contributed by atoms with Gasteiger partial charge in [-0.3, -0.25) is 4.79 Å². The Morgan fingerprint density at radius 3 is 2.81 bits per heavy atom. The van der Waals surface area contributed by atoms with Gasteiger partial charge in [-0.1, -0.05) is 18.2 Å². The predicted molar refractivity (Wildman–Crippen MR) is 69.6 cm³/mol. The van der Waals surface area contributed by atoms with Crippen LogP contribution in [0.25, 0.3) is 0 Å². The van der Waals surface area contributed by atoms with Crippen molar-refractivity contribution in [2.24, 2.45) is 0 Å². The number of carbonyl (C=O) groups is 1. The summed E-state index contributed by atoms with van der Waals surface area (Å²) in [5.74, 6) is 6.53. The van der Waals surface area contributed by atoms with Crippen LogP contribution in [0, 0.1) is 18.8 Å². The first kappa shape index (κ1) is 12.9. The Morgan fingerprint density at radius 1 is 1.38 bits per heavy atom. The van der Waals surface area contributed by atoms with Gasteiger partial charge in [0.05, 0.1) is 5.75 Å². The molecule has 0 heterocycles. The van der Waals surface area contributed by atoms with E-state index in [-0.39, 0.29) is 5.78 Å². The van der Waals surface area contributed by atoms with E-state index in [4.69, 9.17) is 0 Å². The largest absolute Gasteiger partial charge is 0.299 e. The zero-order valence-corrected chi connectivity index (χ0v) is 10.6. The van der Waals surface area contributed by atoms with Crippen molar-refractivity contribution in [2.75, 3.05) is 5.75 Å². The fraction of sp³-hybridized carbons (Fsp3) is 0.357. The van der Waals surface area contributed by atoms with Crippen molar-refractivity contribution in [2.45, 2.75) is 31.6 Å². The summed E-state index contributed by atoms with van der Waals surface area (Å²) in [7, 11) is 0. The molecule has 1 nitrogen and oxygen atoms in total. The van der Waals surface area contributed by atoms with Crippen LogP contribution in [-0.4, -0.2) is 11.5 Å². The van der Waals surface area contributed by atoms with Crippen LogP contribution in [0.15, 0.2) is 29.2 Å². The summed E-state index contributed by atoms with van der Waals surface area (Å²) in [4.78, 5) is 12.7. The van der Waals surface area contributed by atoms with Gasteiger partial charge in [-0.15, -0.1) is 23.6 Å². The maximum absolute atomic E-state index is 11.5. The first-order valence-corrected chi connectivity index (χ1v) is 6.32. The van der Waals surface area contributed by atoms with Crippen molar-refractivity contribution < 1.29 is 4.79 Å². The van der Waals surface area contributed by atoms with Gasteiger partial charge in [-0.05, 0) is 25.5 Å². The summed E-state index contributed by atoms with van der Waals surface area (Å²) in [5, 5.41) is 0. The summed E-state index contributed by atoms with van der Waals surface area (Å²) in [6.07, 6.45) is 1.25. The minimum absolute atomic E-state index is 0.274. The van der Waals surface area contributed by atoms with E-state index in [1.54, 1.807) is 18.7 Å². The molecule has 0 aliphatic heterocycles. The lowest BCUT2D eigenvalue weighted by molar-refractivity contribution is -0.116. The second-order valence-electron chi connectivity index (χ2n) is 3.52. The first-order valence-electron chi connectivity index (χ1n) is 5.33. The highest BCUT2D eigenvalue weighted by atomic mass is 32.2. The van der Waals surface area contributed by atoms with Crippen LogP contribution < -0.4 is 0 Å². The van der Waals surface area contributed by atoms with Gasteiger partial charge < -0.3 is 0 Å². The lowest BCUT2D eigenvalue weighted by Gasteiger charge is -2.03. The average molecular weight is 232 g/mol. The summed E-state index contributed by atoms with van der Waals surface area (Å²) in [6, 6.07) is 8.13. The maximum Gasteiger partial charge on any atom is 0.144 e. The summed E-state index contributed by atoms with van der Waals surface area (Å²) >= 11 is 1.62. The van der Waals surface area contributed by atoms with E-state index < -0.39 is 0 Å². The summed E-state index contributed by atoms with van der Waals surface area (Å²) in [5.41, 5.74) is 1.23. The molecule has 1 aromatic carbocycles. The zero-order valence-electron chi connectivity index (χ0n) is 9.75. The van der Waals surface area contributed by atoms with E-state index in [1.807, 2.05) is 12.1 Å². The van der Waals surface area contributed by atoms with Crippen molar-refractivity contribution in [3.05, 3.63) is 29.8 Å². The second kappa shape index (κ2) is 7.14. The Morgan fingerprint density at radius 2 is 2.12 bits per heavy atom. The van der Waals surface area contributed by atoms with Crippen molar-refractivity contribution in [3.63, 3.8) is 0 Å². The van der Waals surface area contributed by atoms with E-state index >= 15 is 0 Å². The fourth-order valence-electron chi connectivity index (χ4n) is 1.28. The lowest BCUT2D eigenvalue weighted by atomic mass is 10.2. The molecule has 0 saturated heterocycles. The molecule has 2 heteroatoms. The third-order valence-electron chi connectivity index (χ3n) is 2.19. The number of benzene rings is 1. The van der Waals surface area contributed by atoms with Gasteiger partial charge in [0.25, 0.3) is 0 Å². The third kappa shape index (κ3) is 4.55. The minimum Gasteiger partial charge on any atom is -0.299 e. The van der Waals surface area contributed by atoms with Gasteiger partial charge in [0.15, 0.2) is 0 Å². The summed E-state index contributed by atoms with van der Waals surface area (Å²) < 4.78 is 0. The molecule has 0 bridgehead atoms. The van der Waals surface area contributed by atoms with E-state index in [9.17, 15) is 4.79 Å². The minimum atomic E-state index is 0.274. The molecule has 0 spiro atoms. The van der Waals surface area contributed by atoms with Crippen LogP contribution >= 0.6 is 11.8 Å². The highest BCUT2D eigenvalue weighted by molar-refractivity contribution is 8.00. The molecule has 0 N–H and O–H groups in total. The van der Waals surface area contributed by atoms with E-state index in [2.05, 4.69) is 30.9 Å². The van der Waals surface area contributed by atoms with E-state index in [0.29, 0.717) is 18.6 Å². The molecule has 0 amide bonds. The van der Waals surface area contributed by atoms with Crippen molar-refractivity contribution in [1.82, 2.24) is 0 Å². The standard InChI is InChI=1S/C14H16OS/c1-3-4-5-9-13(15)11-16-14-10-7-6-8-12(14)2/h6-8,10H,5,9,11H2,1-2H3. The van der Waals surface area contributed by atoms with E-state index in [0.717, 1.165) is 0 Å². The molecular weight excluding hydrogens is 216 g/mol.